The fourth-order valence-corrected chi connectivity index (χ4v) is 3.59. The summed E-state index contributed by atoms with van der Waals surface area (Å²) in [6.07, 6.45) is -3.42. The molecule has 4 N–H and O–H groups in total. The average Bonchev–Trinajstić information content (AvgIpc) is 2.49. The van der Waals surface area contributed by atoms with Crippen molar-refractivity contribution >= 4 is 17.5 Å². The molecule has 0 radical (unpaired) electrons. The van der Waals surface area contributed by atoms with Crippen molar-refractivity contribution in [1.82, 2.24) is 0 Å². The summed E-state index contributed by atoms with van der Waals surface area (Å²) in [6, 6.07) is 3.79. The molecular weight excluding hydrogens is 320 g/mol. The average molecular weight is 336 g/mol. The fraction of sp³-hybridized carbons (Fsp3) is 0.438. The lowest BCUT2D eigenvalue weighted by molar-refractivity contribution is -0.228. The number of hydrogen-bond donors (Lipinski definition) is 4. The van der Waals surface area contributed by atoms with E-state index >= 15 is 0 Å². The molecule has 8 heteroatoms. The molecule has 3 rings (SSSR count). The topological polar surface area (TPSA) is 141 Å². The molecule has 2 aliphatic rings. The highest BCUT2D eigenvalue weighted by molar-refractivity contribution is 6.23. The Morgan fingerprint density at radius 1 is 1.29 bits per heavy atom. The molecule has 1 aliphatic heterocycles. The Hall–Kier alpha value is -2.29. The number of rotatable bonds is 2. The first-order chi connectivity index (χ1) is 11.1. The molecule has 1 aromatic rings. The van der Waals surface area contributed by atoms with Gasteiger partial charge in [0.1, 0.15) is 5.75 Å². The number of fused-ring (bicyclic) bond motifs is 2. The first-order valence-electron chi connectivity index (χ1n) is 7.36. The highest BCUT2D eigenvalue weighted by atomic mass is 16.5. The number of aliphatic carboxylic acids is 1. The van der Waals surface area contributed by atoms with Crippen LogP contribution >= 0.6 is 0 Å². The van der Waals surface area contributed by atoms with Gasteiger partial charge in [-0.1, -0.05) is 12.1 Å². The van der Waals surface area contributed by atoms with E-state index in [1.807, 2.05) is 0 Å². The third-order valence-electron chi connectivity index (χ3n) is 4.78. The molecule has 128 valence electrons. The monoisotopic (exact) mass is 336 g/mol. The minimum Gasteiger partial charge on any atom is -0.507 e. The second-order valence-corrected chi connectivity index (χ2v) is 6.19. The molecule has 0 unspecified atom stereocenters. The molecule has 4 atom stereocenters. The van der Waals surface area contributed by atoms with Gasteiger partial charge in [0, 0.05) is 12.0 Å². The van der Waals surface area contributed by atoms with Crippen molar-refractivity contribution in [2.24, 2.45) is 0 Å². The molecule has 1 heterocycles. The number of carboxylic acids is 1. The van der Waals surface area contributed by atoms with Gasteiger partial charge in [-0.3, -0.25) is 14.4 Å². The number of aromatic hydroxyl groups is 1. The largest absolute Gasteiger partial charge is 0.507 e. The standard InChI is InChI=1S/C16H16O8/c1-7-16(23)14(21)12-9(3-2-4-10(12)17)13(20)15(16,22)6-8(24-7)5-11(18)19/h2-4,7-8,17,22-23H,5-6H2,1H3,(H,18,19)/t7-,8+,15-,16-/m1/s1. The summed E-state index contributed by atoms with van der Waals surface area (Å²) < 4.78 is 5.36. The summed E-state index contributed by atoms with van der Waals surface area (Å²) in [5.74, 6) is -3.66. The minimum atomic E-state index is -2.61. The quantitative estimate of drug-likeness (QED) is 0.586. The molecule has 1 aliphatic carbocycles. The number of ether oxygens (including phenoxy) is 1. The van der Waals surface area contributed by atoms with Crippen LogP contribution in [-0.2, 0) is 9.53 Å². The van der Waals surface area contributed by atoms with Gasteiger partial charge in [-0.05, 0) is 13.0 Å². The molecule has 1 fully saturated rings. The van der Waals surface area contributed by atoms with Gasteiger partial charge in [0.05, 0.1) is 24.2 Å². The van der Waals surface area contributed by atoms with Gasteiger partial charge >= 0.3 is 5.97 Å². The molecule has 24 heavy (non-hydrogen) atoms. The molecule has 0 bridgehead atoms. The van der Waals surface area contributed by atoms with E-state index in [1.165, 1.54) is 25.1 Å². The van der Waals surface area contributed by atoms with Gasteiger partial charge in [-0.2, -0.15) is 0 Å². The fourth-order valence-electron chi connectivity index (χ4n) is 3.59. The van der Waals surface area contributed by atoms with Crippen molar-refractivity contribution in [3.63, 3.8) is 0 Å². The minimum absolute atomic E-state index is 0.213. The number of Topliss-reactive ketones (excluding diaryl/α,β-unsaturated/α-hetero) is 2. The van der Waals surface area contributed by atoms with Crippen LogP contribution in [0.3, 0.4) is 0 Å². The van der Waals surface area contributed by atoms with E-state index in [9.17, 15) is 29.7 Å². The van der Waals surface area contributed by atoms with Crippen LogP contribution in [0.15, 0.2) is 18.2 Å². The van der Waals surface area contributed by atoms with Crippen LogP contribution in [0.2, 0.25) is 0 Å². The molecule has 0 aromatic heterocycles. The van der Waals surface area contributed by atoms with Gasteiger partial charge in [-0.25, -0.2) is 0 Å². The maximum absolute atomic E-state index is 12.8. The zero-order chi connectivity index (χ0) is 17.9. The van der Waals surface area contributed by atoms with Crippen LogP contribution in [0.4, 0.5) is 0 Å². The lowest BCUT2D eigenvalue weighted by Gasteiger charge is -2.52. The number of aliphatic hydroxyl groups is 2. The molecule has 0 amide bonds. The summed E-state index contributed by atoms with van der Waals surface area (Å²) in [5.41, 5.74) is -5.72. The van der Waals surface area contributed by atoms with E-state index in [0.717, 1.165) is 0 Å². The molecular formula is C16H16O8. The molecule has 1 aromatic carbocycles. The number of carboxylic acid groups (broad SMARTS) is 1. The number of benzene rings is 1. The van der Waals surface area contributed by atoms with Crippen LogP contribution in [0, 0.1) is 0 Å². The number of carbonyl (C=O) groups is 3. The third-order valence-corrected chi connectivity index (χ3v) is 4.78. The van der Waals surface area contributed by atoms with E-state index in [0.29, 0.717) is 0 Å². The number of hydrogen-bond acceptors (Lipinski definition) is 7. The van der Waals surface area contributed by atoms with E-state index in [4.69, 9.17) is 9.84 Å². The lowest BCUT2D eigenvalue weighted by Crippen LogP contribution is -2.75. The maximum atomic E-state index is 12.8. The predicted octanol–water partition coefficient (Wildman–Crippen LogP) is -0.114. The normalized spacial score (nSPS) is 35.3. The van der Waals surface area contributed by atoms with E-state index in [2.05, 4.69) is 0 Å². The van der Waals surface area contributed by atoms with Gasteiger partial charge in [0.15, 0.2) is 17.0 Å². The van der Waals surface area contributed by atoms with E-state index in [-0.39, 0.29) is 11.1 Å². The summed E-state index contributed by atoms with van der Waals surface area (Å²) in [4.78, 5) is 36.4. The van der Waals surface area contributed by atoms with Crippen LogP contribution in [0.25, 0.3) is 0 Å². The Bertz CT molecular complexity index is 756. The SMILES string of the molecule is C[C@H]1O[C@@H](CC(=O)O)C[C@@]2(O)C(=O)c3cccc(O)c3C(=O)[C@]12O. The Morgan fingerprint density at radius 3 is 2.58 bits per heavy atom. The lowest BCUT2D eigenvalue weighted by atomic mass is 9.61. The van der Waals surface area contributed by atoms with Crippen LogP contribution < -0.4 is 0 Å². The van der Waals surface area contributed by atoms with Crippen LogP contribution in [-0.4, -0.2) is 61.4 Å². The summed E-state index contributed by atoms with van der Waals surface area (Å²) in [7, 11) is 0. The Kier molecular flexibility index (Phi) is 3.52. The summed E-state index contributed by atoms with van der Waals surface area (Å²) in [5, 5.41) is 40.6. The zero-order valence-corrected chi connectivity index (χ0v) is 12.7. The van der Waals surface area contributed by atoms with Crippen molar-refractivity contribution in [2.75, 3.05) is 0 Å². The highest BCUT2D eigenvalue weighted by Gasteiger charge is 2.69. The van der Waals surface area contributed by atoms with Crippen LogP contribution in [0.1, 0.15) is 40.5 Å². The molecule has 8 nitrogen and oxygen atoms in total. The first kappa shape index (κ1) is 16.6. The maximum Gasteiger partial charge on any atom is 0.305 e. The van der Waals surface area contributed by atoms with Gasteiger partial charge in [0.25, 0.3) is 0 Å². The van der Waals surface area contributed by atoms with Crippen molar-refractivity contribution < 1.29 is 39.5 Å². The Balaban J connectivity index is 2.18. The second kappa shape index (κ2) is 5.10. The number of ketones is 2. The van der Waals surface area contributed by atoms with Crippen LogP contribution in [0.5, 0.6) is 5.75 Å². The van der Waals surface area contributed by atoms with Gasteiger partial charge in [0.2, 0.25) is 5.78 Å². The Labute approximate surface area is 136 Å². The predicted molar refractivity (Wildman–Crippen MR) is 77.9 cm³/mol. The third kappa shape index (κ3) is 1.94. The van der Waals surface area contributed by atoms with Crippen molar-refractivity contribution in [3.05, 3.63) is 29.3 Å². The van der Waals surface area contributed by atoms with E-state index in [1.54, 1.807) is 0 Å². The number of phenolic OH excluding ortho intramolecular Hbond substituents is 1. The number of carbonyl (C=O) groups excluding carboxylic acids is 2. The molecule has 0 saturated carbocycles. The number of phenols is 1. The van der Waals surface area contributed by atoms with Gasteiger partial charge < -0.3 is 25.2 Å². The summed E-state index contributed by atoms with van der Waals surface area (Å²) in [6.45, 7) is 1.27. The van der Waals surface area contributed by atoms with Crippen molar-refractivity contribution in [3.8, 4) is 5.75 Å². The van der Waals surface area contributed by atoms with Crippen molar-refractivity contribution in [1.29, 1.82) is 0 Å². The smallest absolute Gasteiger partial charge is 0.305 e. The second-order valence-electron chi connectivity index (χ2n) is 6.19. The Morgan fingerprint density at radius 2 is 1.96 bits per heavy atom. The summed E-state index contributed by atoms with van der Waals surface area (Å²) >= 11 is 0. The zero-order valence-electron chi connectivity index (χ0n) is 12.7. The van der Waals surface area contributed by atoms with E-state index < -0.39 is 59.5 Å². The van der Waals surface area contributed by atoms with Crippen molar-refractivity contribution in [2.45, 2.75) is 43.2 Å². The van der Waals surface area contributed by atoms with Gasteiger partial charge in [-0.15, -0.1) is 0 Å². The highest BCUT2D eigenvalue weighted by Crippen LogP contribution is 2.47. The molecule has 0 spiro atoms. The molecule has 1 saturated heterocycles. The first-order valence-corrected chi connectivity index (χ1v) is 7.36.